The fourth-order valence-corrected chi connectivity index (χ4v) is 2.66. The first-order valence-electron chi connectivity index (χ1n) is 5.12. The molecule has 0 aromatic carbocycles. The number of thiazole rings is 1. The number of aryl methyl sites for hydroxylation is 1. The van der Waals surface area contributed by atoms with E-state index in [4.69, 9.17) is 10.8 Å². The number of hydrogen-bond donors (Lipinski definition) is 2. The molecule has 1 aromatic rings. The SMILES string of the molecule is CCc1nc(C(N)C2CC2)sc1C(=O)O. The fourth-order valence-electron chi connectivity index (χ4n) is 1.58. The summed E-state index contributed by atoms with van der Waals surface area (Å²) < 4.78 is 0. The van der Waals surface area contributed by atoms with E-state index in [1.807, 2.05) is 6.92 Å². The highest BCUT2D eigenvalue weighted by atomic mass is 32.1. The Bertz CT molecular complexity index is 385. The molecule has 3 N–H and O–H groups in total. The van der Waals surface area contributed by atoms with E-state index < -0.39 is 5.97 Å². The molecule has 2 rings (SSSR count). The molecule has 5 heteroatoms. The second-order valence-electron chi connectivity index (χ2n) is 3.85. The molecule has 1 atom stereocenters. The van der Waals surface area contributed by atoms with E-state index in [0.29, 0.717) is 22.9 Å². The molecule has 15 heavy (non-hydrogen) atoms. The van der Waals surface area contributed by atoms with Gasteiger partial charge in [-0.1, -0.05) is 6.92 Å². The summed E-state index contributed by atoms with van der Waals surface area (Å²) in [4.78, 5) is 15.6. The van der Waals surface area contributed by atoms with Crippen molar-refractivity contribution < 1.29 is 9.90 Å². The third-order valence-corrected chi connectivity index (χ3v) is 3.85. The average Bonchev–Trinajstić information content (AvgIpc) is 2.95. The van der Waals surface area contributed by atoms with Crippen molar-refractivity contribution in [2.24, 2.45) is 11.7 Å². The topological polar surface area (TPSA) is 76.2 Å². The zero-order chi connectivity index (χ0) is 11.0. The quantitative estimate of drug-likeness (QED) is 0.821. The van der Waals surface area contributed by atoms with Crippen molar-refractivity contribution in [1.29, 1.82) is 0 Å². The van der Waals surface area contributed by atoms with Crippen molar-refractivity contribution in [3.63, 3.8) is 0 Å². The van der Waals surface area contributed by atoms with Crippen LogP contribution in [-0.4, -0.2) is 16.1 Å². The Hall–Kier alpha value is -0.940. The van der Waals surface area contributed by atoms with Gasteiger partial charge in [0.25, 0.3) is 0 Å². The minimum atomic E-state index is -0.890. The fraction of sp³-hybridized carbons (Fsp3) is 0.600. The van der Waals surface area contributed by atoms with Crippen molar-refractivity contribution in [3.8, 4) is 0 Å². The molecule has 0 spiro atoms. The summed E-state index contributed by atoms with van der Waals surface area (Å²) in [5.41, 5.74) is 6.66. The van der Waals surface area contributed by atoms with Gasteiger partial charge in [0.15, 0.2) is 0 Å². The minimum absolute atomic E-state index is 0.0617. The lowest BCUT2D eigenvalue weighted by atomic mass is 10.2. The van der Waals surface area contributed by atoms with Gasteiger partial charge >= 0.3 is 5.97 Å². The summed E-state index contributed by atoms with van der Waals surface area (Å²) in [5.74, 6) is -0.374. The Morgan fingerprint density at radius 2 is 2.40 bits per heavy atom. The molecule has 0 saturated heterocycles. The zero-order valence-corrected chi connectivity index (χ0v) is 9.38. The highest BCUT2D eigenvalue weighted by Crippen LogP contribution is 2.41. The molecule has 1 heterocycles. The van der Waals surface area contributed by atoms with Crippen LogP contribution >= 0.6 is 11.3 Å². The van der Waals surface area contributed by atoms with Crippen LogP contribution in [-0.2, 0) is 6.42 Å². The number of carboxylic acid groups (broad SMARTS) is 1. The lowest BCUT2D eigenvalue weighted by Crippen LogP contribution is -2.11. The normalized spacial score (nSPS) is 17.7. The van der Waals surface area contributed by atoms with E-state index in [2.05, 4.69) is 4.98 Å². The molecule has 4 nitrogen and oxygen atoms in total. The Kier molecular flexibility index (Phi) is 2.75. The number of carboxylic acids is 1. The minimum Gasteiger partial charge on any atom is -0.477 e. The van der Waals surface area contributed by atoms with Gasteiger partial charge in [0.05, 0.1) is 11.7 Å². The second kappa shape index (κ2) is 3.90. The van der Waals surface area contributed by atoms with Crippen molar-refractivity contribution >= 4 is 17.3 Å². The van der Waals surface area contributed by atoms with Gasteiger partial charge in [0, 0.05) is 0 Å². The zero-order valence-electron chi connectivity index (χ0n) is 8.56. The maximum Gasteiger partial charge on any atom is 0.347 e. The number of hydrogen-bond acceptors (Lipinski definition) is 4. The number of nitrogens with two attached hydrogens (primary N) is 1. The molecule has 0 radical (unpaired) electrons. The summed E-state index contributed by atoms with van der Waals surface area (Å²) in [6, 6.07) is -0.0617. The Balaban J connectivity index is 2.28. The van der Waals surface area contributed by atoms with Crippen LogP contribution in [0, 0.1) is 5.92 Å². The molecule has 0 bridgehead atoms. The van der Waals surface area contributed by atoms with Gasteiger partial charge in [-0.05, 0) is 25.2 Å². The highest BCUT2D eigenvalue weighted by molar-refractivity contribution is 7.13. The molecule has 82 valence electrons. The molecule has 1 aliphatic carbocycles. The third-order valence-electron chi connectivity index (χ3n) is 2.66. The van der Waals surface area contributed by atoms with Crippen molar-refractivity contribution in [2.75, 3.05) is 0 Å². The van der Waals surface area contributed by atoms with Gasteiger partial charge in [-0.25, -0.2) is 9.78 Å². The van der Waals surface area contributed by atoms with Gasteiger partial charge in [-0.15, -0.1) is 11.3 Å². The number of nitrogens with zero attached hydrogens (tertiary/aromatic N) is 1. The Morgan fingerprint density at radius 3 is 2.80 bits per heavy atom. The number of carbonyl (C=O) groups is 1. The predicted molar refractivity (Wildman–Crippen MR) is 58.1 cm³/mol. The monoisotopic (exact) mass is 226 g/mol. The highest BCUT2D eigenvalue weighted by Gasteiger charge is 2.32. The van der Waals surface area contributed by atoms with E-state index in [9.17, 15) is 4.79 Å². The molecule has 0 aliphatic heterocycles. The maximum absolute atomic E-state index is 10.9. The summed E-state index contributed by atoms with van der Waals surface area (Å²) >= 11 is 1.23. The second-order valence-corrected chi connectivity index (χ2v) is 4.88. The molecule has 1 aliphatic rings. The lowest BCUT2D eigenvalue weighted by molar-refractivity contribution is 0.0701. The molecule has 0 amide bonds. The average molecular weight is 226 g/mol. The number of aromatic nitrogens is 1. The lowest BCUT2D eigenvalue weighted by Gasteiger charge is -2.04. The first-order valence-corrected chi connectivity index (χ1v) is 5.93. The smallest absolute Gasteiger partial charge is 0.347 e. The maximum atomic E-state index is 10.9. The van der Waals surface area contributed by atoms with Crippen LogP contribution in [0.2, 0.25) is 0 Å². The van der Waals surface area contributed by atoms with Gasteiger partial charge in [0.2, 0.25) is 0 Å². The summed E-state index contributed by atoms with van der Waals surface area (Å²) in [6.07, 6.45) is 2.94. The van der Waals surface area contributed by atoms with Crippen LogP contribution in [0.1, 0.15) is 46.2 Å². The summed E-state index contributed by atoms with van der Waals surface area (Å²) in [6.45, 7) is 1.91. The molecular formula is C10H14N2O2S. The van der Waals surface area contributed by atoms with Gasteiger partial charge in [-0.2, -0.15) is 0 Å². The van der Waals surface area contributed by atoms with E-state index in [1.165, 1.54) is 11.3 Å². The van der Waals surface area contributed by atoms with Gasteiger partial charge in [0.1, 0.15) is 9.88 Å². The van der Waals surface area contributed by atoms with E-state index >= 15 is 0 Å². The molecular weight excluding hydrogens is 212 g/mol. The van der Waals surface area contributed by atoms with Crippen LogP contribution in [0.4, 0.5) is 0 Å². The standard InChI is InChI=1S/C10H14N2O2S/c1-2-6-8(10(13)14)15-9(12-6)7(11)5-3-4-5/h5,7H,2-4,11H2,1H3,(H,13,14). The molecule has 1 unspecified atom stereocenters. The summed E-state index contributed by atoms with van der Waals surface area (Å²) in [7, 11) is 0. The van der Waals surface area contributed by atoms with Crippen LogP contribution in [0.5, 0.6) is 0 Å². The summed E-state index contributed by atoms with van der Waals surface area (Å²) in [5, 5.41) is 9.76. The van der Waals surface area contributed by atoms with Crippen LogP contribution in [0.15, 0.2) is 0 Å². The van der Waals surface area contributed by atoms with E-state index in [-0.39, 0.29) is 6.04 Å². The van der Waals surface area contributed by atoms with Crippen LogP contribution in [0.3, 0.4) is 0 Å². The van der Waals surface area contributed by atoms with Crippen molar-refractivity contribution in [1.82, 2.24) is 4.98 Å². The Morgan fingerprint density at radius 1 is 1.73 bits per heavy atom. The van der Waals surface area contributed by atoms with Crippen LogP contribution < -0.4 is 5.73 Å². The number of rotatable bonds is 4. The van der Waals surface area contributed by atoms with E-state index in [1.54, 1.807) is 0 Å². The largest absolute Gasteiger partial charge is 0.477 e. The number of aromatic carboxylic acids is 1. The molecule has 1 aromatic heterocycles. The third kappa shape index (κ3) is 2.03. The van der Waals surface area contributed by atoms with Crippen molar-refractivity contribution in [3.05, 3.63) is 15.6 Å². The first kappa shape index (κ1) is 10.6. The van der Waals surface area contributed by atoms with Gasteiger partial charge < -0.3 is 10.8 Å². The Labute approximate surface area is 92.1 Å². The first-order chi connectivity index (χ1) is 7.13. The predicted octanol–water partition coefficient (Wildman–Crippen LogP) is 1.81. The van der Waals surface area contributed by atoms with Crippen molar-refractivity contribution in [2.45, 2.75) is 32.2 Å². The van der Waals surface area contributed by atoms with E-state index in [0.717, 1.165) is 17.8 Å². The van der Waals surface area contributed by atoms with Crippen LogP contribution in [0.25, 0.3) is 0 Å². The molecule has 1 fully saturated rings. The van der Waals surface area contributed by atoms with Gasteiger partial charge in [-0.3, -0.25) is 0 Å². The molecule has 1 saturated carbocycles.